The van der Waals surface area contributed by atoms with Crippen LogP contribution in [0.2, 0.25) is 0 Å². The van der Waals surface area contributed by atoms with E-state index in [0.717, 1.165) is 36.6 Å². The number of aliphatic imine (C=N–C) groups is 1. The number of hydrogen-bond acceptors (Lipinski definition) is 4. The van der Waals surface area contributed by atoms with Gasteiger partial charge in [-0.15, -0.1) is 0 Å². The number of nitrogens with zero attached hydrogens (tertiary/aromatic N) is 1. The van der Waals surface area contributed by atoms with Crippen LogP contribution in [0.15, 0.2) is 47.5 Å². The van der Waals surface area contributed by atoms with Crippen molar-refractivity contribution in [3.05, 3.63) is 53.8 Å². The topological polar surface area (TPSA) is 80.9 Å². The number of nitrogens with one attached hydrogen (secondary N) is 2. The van der Waals surface area contributed by atoms with Crippen molar-refractivity contribution >= 4 is 11.6 Å². The lowest BCUT2D eigenvalue weighted by atomic mass is 9.81. The number of guanidine groups is 1. The van der Waals surface area contributed by atoms with Crippen molar-refractivity contribution in [2.45, 2.75) is 32.2 Å². The summed E-state index contributed by atoms with van der Waals surface area (Å²) in [4.78, 5) is 4.72. The number of anilines is 1. The van der Waals surface area contributed by atoms with Crippen LogP contribution in [-0.2, 0) is 6.54 Å². The second-order valence-electron chi connectivity index (χ2n) is 8.00. The molecule has 0 spiro atoms. The minimum Gasteiger partial charge on any atom is -0.454 e. The summed E-state index contributed by atoms with van der Waals surface area (Å²) in [5.74, 6) is 3.02. The highest BCUT2D eigenvalue weighted by Gasteiger charge is 2.21. The minimum atomic E-state index is -0.284. The van der Waals surface area contributed by atoms with E-state index < -0.39 is 0 Å². The van der Waals surface area contributed by atoms with Gasteiger partial charge in [-0.05, 0) is 73.5 Å². The van der Waals surface area contributed by atoms with E-state index in [9.17, 15) is 4.39 Å². The van der Waals surface area contributed by atoms with E-state index in [4.69, 9.17) is 20.2 Å². The maximum absolute atomic E-state index is 13.6. The van der Waals surface area contributed by atoms with Gasteiger partial charge in [0.05, 0.1) is 6.54 Å². The molecule has 0 amide bonds. The SMILES string of the molecule is NCC1CCCC(CNC(=NCc2ccc3c(c2)OCO3)Nc2cccc(F)c2)C1. The van der Waals surface area contributed by atoms with Crippen LogP contribution in [0, 0.1) is 17.7 Å². The van der Waals surface area contributed by atoms with E-state index in [-0.39, 0.29) is 12.6 Å². The Kier molecular flexibility index (Phi) is 6.69. The first kappa shape index (κ1) is 20.5. The summed E-state index contributed by atoms with van der Waals surface area (Å²) in [6, 6.07) is 12.2. The summed E-state index contributed by atoms with van der Waals surface area (Å²) in [6.07, 6.45) is 4.77. The summed E-state index contributed by atoms with van der Waals surface area (Å²) in [6.45, 7) is 2.29. The van der Waals surface area contributed by atoms with Crippen LogP contribution in [-0.4, -0.2) is 25.8 Å². The molecular formula is C23H29FN4O2. The van der Waals surface area contributed by atoms with E-state index in [2.05, 4.69) is 10.6 Å². The molecule has 30 heavy (non-hydrogen) atoms. The van der Waals surface area contributed by atoms with Gasteiger partial charge in [-0.2, -0.15) is 0 Å². The lowest BCUT2D eigenvalue weighted by molar-refractivity contribution is 0.174. The van der Waals surface area contributed by atoms with Gasteiger partial charge in [0.25, 0.3) is 0 Å². The first-order chi connectivity index (χ1) is 14.7. The van der Waals surface area contributed by atoms with Crippen molar-refractivity contribution in [3.63, 3.8) is 0 Å². The zero-order valence-corrected chi connectivity index (χ0v) is 17.1. The molecule has 4 N–H and O–H groups in total. The summed E-state index contributed by atoms with van der Waals surface area (Å²) >= 11 is 0. The molecule has 7 heteroatoms. The third-order valence-corrected chi connectivity index (χ3v) is 5.73. The molecule has 0 aromatic heterocycles. The molecule has 1 heterocycles. The number of nitrogens with two attached hydrogens (primary N) is 1. The molecule has 6 nitrogen and oxygen atoms in total. The maximum Gasteiger partial charge on any atom is 0.231 e. The van der Waals surface area contributed by atoms with Crippen molar-refractivity contribution in [1.29, 1.82) is 0 Å². The Morgan fingerprint density at radius 1 is 1.10 bits per heavy atom. The third-order valence-electron chi connectivity index (χ3n) is 5.73. The van der Waals surface area contributed by atoms with Crippen molar-refractivity contribution < 1.29 is 13.9 Å². The van der Waals surface area contributed by atoms with Gasteiger partial charge in [0.1, 0.15) is 5.82 Å². The molecule has 2 aromatic rings. The molecule has 1 fully saturated rings. The summed E-state index contributed by atoms with van der Waals surface area (Å²) in [5, 5.41) is 6.67. The molecule has 2 unspecified atom stereocenters. The highest BCUT2D eigenvalue weighted by molar-refractivity contribution is 5.93. The molecule has 0 radical (unpaired) electrons. The van der Waals surface area contributed by atoms with Crippen LogP contribution in [0.4, 0.5) is 10.1 Å². The fraction of sp³-hybridized carbons (Fsp3) is 0.435. The van der Waals surface area contributed by atoms with Crippen molar-refractivity contribution in [3.8, 4) is 11.5 Å². The van der Waals surface area contributed by atoms with E-state index in [1.54, 1.807) is 6.07 Å². The number of benzene rings is 2. The molecule has 0 bridgehead atoms. The molecular weight excluding hydrogens is 383 g/mol. The number of rotatable bonds is 6. The second-order valence-corrected chi connectivity index (χ2v) is 8.00. The van der Waals surface area contributed by atoms with Crippen LogP contribution < -0.4 is 25.8 Å². The average molecular weight is 413 g/mol. The van der Waals surface area contributed by atoms with E-state index in [0.29, 0.717) is 30.0 Å². The van der Waals surface area contributed by atoms with Gasteiger partial charge in [-0.25, -0.2) is 9.38 Å². The fourth-order valence-corrected chi connectivity index (χ4v) is 4.10. The Hall–Kier alpha value is -2.80. The molecule has 2 aliphatic rings. The predicted molar refractivity (Wildman–Crippen MR) is 116 cm³/mol. The largest absolute Gasteiger partial charge is 0.454 e. The van der Waals surface area contributed by atoms with Gasteiger partial charge in [-0.1, -0.05) is 18.6 Å². The number of halogens is 1. The van der Waals surface area contributed by atoms with Gasteiger partial charge in [-0.3, -0.25) is 0 Å². The van der Waals surface area contributed by atoms with Crippen LogP contribution in [0.3, 0.4) is 0 Å². The Balaban J connectivity index is 1.44. The number of hydrogen-bond donors (Lipinski definition) is 3. The zero-order chi connectivity index (χ0) is 20.8. The summed E-state index contributed by atoms with van der Waals surface area (Å²) < 4.78 is 24.4. The molecule has 2 atom stereocenters. The van der Waals surface area contributed by atoms with Crippen LogP contribution in [0.5, 0.6) is 11.5 Å². The highest BCUT2D eigenvalue weighted by atomic mass is 19.1. The molecule has 0 saturated heterocycles. The van der Waals surface area contributed by atoms with E-state index in [1.807, 2.05) is 24.3 Å². The molecule has 160 valence electrons. The van der Waals surface area contributed by atoms with Crippen LogP contribution in [0.1, 0.15) is 31.2 Å². The first-order valence-electron chi connectivity index (χ1n) is 10.6. The van der Waals surface area contributed by atoms with E-state index in [1.165, 1.54) is 31.4 Å². The molecule has 4 rings (SSSR count). The predicted octanol–water partition coefficient (Wildman–Crippen LogP) is 3.88. The fourth-order valence-electron chi connectivity index (χ4n) is 4.10. The monoisotopic (exact) mass is 412 g/mol. The molecule has 1 aliphatic heterocycles. The third kappa shape index (κ3) is 5.42. The lowest BCUT2D eigenvalue weighted by Gasteiger charge is -2.29. The molecule has 2 aromatic carbocycles. The summed E-state index contributed by atoms with van der Waals surface area (Å²) in [5.41, 5.74) is 7.55. The normalized spacial score (nSPS) is 20.8. The Morgan fingerprint density at radius 3 is 2.83 bits per heavy atom. The Bertz CT molecular complexity index is 889. The highest BCUT2D eigenvalue weighted by Crippen LogP contribution is 2.32. The van der Waals surface area contributed by atoms with E-state index >= 15 is 0 Å². The molecule has 1 aliphatic carbocycles. The standard InChI is InChI=1S/C23H29FN4O2/c24-19-5-2-6-20(11-19)28-23(26-13-17-4-1-3-16(9-17)12-25)27-14-18-7-8-21-22(10-18)30-15-29-21/h2,5-8,10-11,16-17H,1,3-4,9,12-15,25H2,(H2,26,27,28). The van der Waals surface area contributed by atoms with Crippen LogP contribution in [0.25, 0.3) is 0 Å². The van der Waals surface area contributed by atoms with Crippen molar-refractivity contribution in [2.24, 2.45) is 22.6 Å². The smallest absolute Gasteiger partial charge is 0.231 e. The van der Waals surface area contributed by atoms with Crippen LogP contribution >= 0.6 is 0 Å². The lowest BCUT2D eigenvalue weighted by Crippen LogP contribution is -2.37. The minimum absolute atomic E-state index is 0.251. The number of fused-ring (bicyclic) bond motifs is 1. The Labute approximate surface area is 176 Å². The quantitative estimate of drug-likeness (QED) is 0.496. The number of ether oxygens (including phenoxy) is 2. The maximum atomic E-state index is 13.6. The Morgan fingerprint density at radius 2 is 1.97 bits per heavy atom. The van der Waals surface area contributed by atoms with Crippen molar-refractivity contribution in [2.75, 3.05) is 25.2 Å². The van der Waals surface area contributed by atoms with Gasteiger partial charge >= 0.3 is 0 Å². The summed E-state index contributed by atoms with van der Waals surface area (Å²) in [7, 11) is 0. The zero-order valence-electron chi connectivity index (χ0n) is 17.1. The van der Waals surface area contributed by atoms with Gasteiger partial charge in [0.2, 0.25) is 6.79 Å². The molecule has 1 saturated carbocycles. The average Bonchev–Trinajstić information content (AvgIpc) is 3.24. The first-order valence-corrected chi connectivity index (χ1v) is 10.6. The van der Waals surface area contributed by atoms with Gasteiger partial charge in [0.15, 0.2) is 17.5 Å². The second kappa shape index (κ2) is 9.80. The van der Waals surface area contributed by atoms with Gasteiger partial charge < -0.3 is 25.8 Å². The van der Waals surface area contributed by atoms with Crippen molar-refractivity contribution in [1.82, 2.24) is 5.32 Å². The van der Waals surface area contributed by atoms with Gasteiger partial charge in [0, 0.05) is 12.2 Å².